The smallest absolute Gasteiger partial charge is 0.337 e. The lowest BCUT2D eigenvalue weighted by molar-refractivity contribution is -0.152. The van der Waals surface area contributed by atoms with E-state index in [4.69, 9.17) is 9.47 Å². The van der Waals surface area contributed by atoms with E-state index in [1.165, 1.54) is 14.0 Å². The summed E-state index contributed by atoms with van der Waals surface area (Å²) >= 11 is 0. The van der Waals surface area contributed by atoms with Crippen LogP contribution >= 0.6 is 0 Å². The van der Waals surface area contributed by atoms with Crippen molar-refractivity contribution >= 4 is 17.8 Å². The molecule has 0 aromatic heterocycles. The molecule has 0 radical (unpaired) electrons. The standard InChI is InChI=1S/C16H19NO5/c1-4-22-15(20)16(17-10(2)18)8-12-6-5-11(14(19)21-3)7-13(12)9-16/h5-7H,4,8-9H2,1-3H3,(H,17,18). The van der Waals surface area contributed by atoms with E-state index in [1.807, 2.05) is 0 Å². The van der Waals surface area contributed by atoms with Crippen molar-refractivity contribution in [3.63, 3.8) is 0 Å². The predicted molar refractivity (Wildman–Crippen MR) is 78.4 cm³/mol. The molecule has 22 heavy (non-hydrogen) atoms. The van der Waals surface area contributed by atoms with Gasteiger partial charge in [-0.05, 0) is 30.2 Å². The average Bonchev–Trinajstić information content (AvgIpc) is 2.84. The summed E-state index contributed by atoms with van der Waals surface area (Å²) in [6.45, 7) is 3.32. The van der Waals surface area contributed by atoms with Gasteiger partial charge < -0.3 is 14.8 Å². The number of carbonyl (C=O) groups is 3. The van der Waals surface area contributed by atoms with Gasteiger partial charge in [-0.3, -0.25) is 4.79 Å². The highest BCUT2D eigenvalue weighted by Crippen LogP contribution is 2.32. The molecule has 0 bridgehead atoms. The summed E-state index contributed by atoms with van der Waals surface area (Å²) in [6, 6.07) is 5.13. The Morgan fingerprint density at radius 2 is 1.91 bits per heavy atom. The SMILES string of the molecule is CCOC(=O)C1(NC(C)=O)Cc2ccc(C(=O)OC)cc2C1. The third kappa shape index (κ3) is 2.95. The maximum absolute atomic E-state index is 12.3. The summed E-state index contributed by atoms with van der Waals surface area (Å²) in [5.41, 5.74) is 1.07. The number of methoxy groups -OCH3 is 1. The summed E-state index contributed by atoms with van der Waals surface area (Å²) in [5, 5.41) is 2.72. The molecule has 0 fully saturated rings. The lowest BCUT2D eigenvalue weighted by Crippen LogP contribution is -2.55. The lowest BCUT2D eigenvalue weighted by atomic mass is 9.95. The van der Waals surface area contributed by atoms with Crippen LogP contribution in [-0.2, 0) is 31.9 Å². The number of esters is 2. The van der Waals surface area contributed by atoms with Crippen LogP contribution in [0.3, 0.4) is 0 Å². The fourth-order valence-corrected chi connectivity index (χ4v) is 2.81. The first kappa shape index (κ1) is 16.0. The summed E-state index contributed by atoms with van der Waals surface area (Å²) in [4.78, 5) is 35.4. The van der Waals surface area contributed by atoms with E-state index in [0.717, 1.165) is 11.1 Å². The van der Waals surface area contributed by atoms with Crippen LogP contribution in [0.2, 0.25) is 0 Å². The van der Waals surface area contributed by atoms with Crippen LogP contribution in [0.1, 0.15) is 35.3 Å². The van der Waals surface area contributed by atoms with Crippen LogP contribution in [0, 0.1) is 0 Å². The van der Waals surface area contributed by atoms with Gasteiger partial charge >= 0.3 is 11.9 Å². The molecule has 1 atom stereocenters. The van der Waals surface area contributed by atoms with Gasteiger partial charge in [0.1, 0.15) is 5.54 Å². The fourth-order valence-electron chi connectivity index (χ4n) is 2.81. The second-order valence-corrected chi connectivity index (χ2v) is 5.31. The number of amides is 1. The summed E-state index contributed by atoms with van der Waals surface area (Å²) in [6.07, 6.45) is 0.647. The molecule has 2 rings (SSSR count). The molecule has 6 heteroatoms. The Balaban J connectivity index is 2.34. The van der Waals surface area contributed by atoms with Gasteiger partial charge in [0.25, 0.3) is 0 Å². The van der Waals surface area contributed by atoms with Crippen LogP contribution in [0.5, 0.6) is 0 Å². The van der Waals surface area contributed by atoms with Crippen molar-refractivity contribution in [3.8, 4) is 0 Å². The lowest BCUT2D eigenvalue weighted by Gasteiger charge is -2.27. The highest BCUT2D eigenvalue weighted by atomic mass is 16.5. The minimum Gasteiger partial charge on any atom is -0.465 e. The van der Waals surface area contributed by atoms with Gasteiger partial charge in [-0.15, -0.1) is 0 Å². The largest absolute Gasteiger partial charge is 0.465 e. The maximum atomic E-state index is 12.3. The van der Waals surface area contributed by atoms with Crippen LogP contribution in [0.4, 0.5) is 0 Å². The second-order valence-electron chi connectivity index (χ2n) is 5.31. The van der Waals surface area contributed by atoms with Crippen molar-refractivity contribution in [2.24, 2.45) is 0 Å². The molecule has 118 valence electrons. The van der Waals surface area contributed by atoms with Gasteiger partial charge in [0.15, 0.2) is 0 Å². The van der Waals surface area contributed by atoms with E-state index in [0.29, 0.717) is 18.4 Å². The van der Waals surface area contributed by atoms with E-state index in [1.54, 1.807) is 25.1 Å². The second kappa shape index (κ2) is 6.17. The molecule has 0 heterocycles. The van der Waals surface area contributed by atoms with Gasteiger partial charge in [-0.2, -0.15) is 0 Å². The Labute approximate surface area is 128 Å². The number of hydrogen-bond donors (Lipinski definition) is 1. The Bertz CT molecular complexity index is 625. The molecule has 0 aliphatic heterocycles. The molecular formula is C16H19NO5. The van der Waals surface area contributed by atoms with Crippen LogP contribution in [0.15, 0.2) is 18.2 Å². The number of rotatable bonds is 4. The fraction of sp³-hybridized carbons (Fsp3) is 0.438. The molecular weight excluding hydrogens is 286 g/mol. The number of nitrogens with one attached hydrogen (secondary N) is 1. The van der Waals surface area contributed by atoms with E-state index in [-0.39, 0.29) is 12.5 Å². The average molecular weight is 305 g/mol. The van der Waals surface area contributed by atoms with Crippen molar-refractivity contribution in [2.75, 3.05) is 13.7 Å². The molecule has 0 spiro atoms. The van der Waals surface area contributed by atoms with Gasteiger partial charge in [-0.25, -0.2) is 9.59 Å². The third-order valence-corrected chi connectivity index (χ3v) is 3.69. The Kier molecular flexibility index (Phi) is 4.49. The minimum absolute atomic E-state index is 0.240. The van der Waals surface area contributed by atoms with Gasteiger partial charge in [-0.1, -0.05) is 6.07 Å². The molecule has 0 saturated carbocycles. The van der Waals surface area contributed by atoms with Crippen molar-refractivity contribution in [1.82, 2.24) is 5.32 Å². The Hall–Kier alpha value is -2.37. The molecule has 1 N–H and O–H groups in total. The van der Waals surface area contributed by atoms with Crippen molar-refractivity contribution in [2.45, 2.75) is 32.2 Å². The van der Waals surface area contributed by atoms with Crippen molar-refractivity contribution < 1.29 is 23.9 Å². The van der Waals surface area contributed by atoms with E-state index >= 15 is 0 Å². The first-order valence-corrected chi connectivity index (χ1v) is 7.08. The molecule has 1 unspecified atom stereocenters. The summed E-state index contributed by atoms with van der Waals surface area (Å²) in [7, 11) is 1.32. The topological polar surface area (TPSA) is 81.7 Å². The van der Waals surface area contributed by atoms with E-state index in [9.17, 15) is 14.4 Å². The van der Waals surface area contributed by atoms with Gasteiger partial charge in [0.05, 0.1) is 19.3 Å². The maximum Gasteiger partial charge on any atom is 0.337 e. The highest BCUT2D eigenvalue weighted by Gasteiger charge is 2.46. The van der Waals surface area contributed by atoms with Crippen molar-refractivity contribution in [3.05, 3.63) is 34.9 Å². The number of carbonyl (C=O) groups excluding carboxylic acids is 3. The zero-order chi connectivity index (χ0) is 16.3. The number of ether oxygens (including phenoxy) is 2. The highest BCUT2D eigenvalue weighted by molar-refractivity contribution is 5.91. The quantitative estimate of drug-likeness (QED) is 0.840. The molecule has 1 amide bonds. The number of hydrogen-bond acceptors (Lipinski definition) is 5. The zero-order valence-corrected chi connectivity index (χ0v) is 12.9. The molecule has 0 saturated heterocycles. The number of benzene rings is 1. The normalized spacial score (nSPS) is 19.2. The minimum atomic E-state index is -1.10. The molecule has 1 aromatic rings. The third-order valence-electron chi connectivity index (χ3n) is 3.69. The van der Waals surface area contributed by atoms with E-state index < -0.39 is 17.5 Å². The molecule has 1 aromatic carbocycles. The van der Waals surface area contributed by atoms with Gasteiger partial charge in [0, 0.05) is 19.8 Å². The molecule has 6 nitrogen and oxygen atoms in total. The van der Waals surface area contributed by atoms with Crippen LogP contribution in [0.25, 0.3) is 0 Å². The number of fused-ring (bicyclic) bond motifs is 1. The Morgan fingerprint density at radius 3 is 2.50 bits per heavy atom. The van der Waals surface area contributed by atoms with E-state index in [2.05, 4.69) is 5.32 Å². The summed E-state index contributed by atoms with van der Waals surface area (Å²) in [5.74, 6) is -1.19. The predicted octanol–water partition coefficient (Wildman–Crippen LogP) is 1.01. The first-order valence-electron chi connectivity index (χ1n) is 7.08. The first-order chi connectivity index (χ1) is 10.4. The molecule has 1 aliphatic carbocycles. The van der Waals surface area contributed by atoms with Crippen LogP contribution in [-0.4, -0.2) is 37.1 Å². The monoisotopic (exact) mass is 305 g/mol. The zero-order valence-electron chi connectivity index (χ0n) is 12.9. The van der Waals surface area contributed by atoms with Crippen LogP contribution < -0.4 is 5.32 Å². The molecule has 1 aliphatic rings. The Morgan fingerprint density at radius 1 is 1.23 bits per heavy atom. The summed E-state index contributed by atoms with van der Waals surface area (Å²) < 4.78 is 9.81. The van der Waals surface area contributed by atoms with Crippen molar-refractivity contribution in [1.29, 1.82) is 0 Å². The van der Waals surface area contributed by atoms with Gasteiger partial charge in [0.2, 0.25) is 5.91 Å².